The number of hydrogen-bond donors (Lipinski definition) is 3. The van der Waals surface area contributed by atoms with Crippen LogP contribution in [0.3, 0.4) is 0 Å². The van der Waals surface area contributed by atoms with Gasteiger partial charge in [0.1, 0.15) is 16.4 Å². The third-order valence-electron chi connectivity index (χ3n) is 6.52. The van der Waals surface area contributed by atoms with Crippen LogP contribution in [0.4, 0.5) is 23.8 Å². The number of anilines is 1. The molecule has 3 amide bonds. The number of fused-ring (bicyclic) bond motifs is 1. The molecule has 1 aliphatic rings. The van der Waals surface area contributed by atoms with Crippen molar-refractivity contribution in [3.8, 4) is 21.7 Å². The molecule has 0 unspecified atom stereocenters. The lowest BCUT2D eigenvalue weighted by Gasteiger charge is -2.15. The van der Waals surface area contributed by atoms with Crippen LogP contribution in [0, 0.1) is 5.92 Å². The summed E-state index contributed by atoms with van der Waals surface area (Å²) in [5.41, 5.74) is 0.572. The van der Waals surface area contributed by atoms with E-state index in [1.54, 1.807) is 31.3 Å². The summed E-state index contributed by atoms with van der Waals surface area (Å²) in [4.78, 5) is 45.8. The molecule has 3 N–H and O–H groups in total. The first-order valence-electron chi connectivity index (χ1n) is 12.6. The highest BCUT2D eigenvalue weighted by atomic mass is 32.1. The fourth-order valence-corrected chi connectivity index (χ4v) is 5.22. The maximum absolute atomic E-state index is 13.4. The lowest BCUT2D eigenvalue weighted by Crippen LogP contribution is -2.28. The molecule has 1 aromatic carbocycles. The third-order valence-corrected chi connectivity index (χ3v) is 7.40. The van der Waals surface area contributed by atoms with Gasteiger partial charge in [0, 0.05) is 54.4 Å². The maximum Gasteiger partial charge on any atom is 0.434 e. The number of benzene rings is 1. The summed E-state index contributed by atoms with van der Waals surface area (Å²) in [6.45, 7) is 2.74. The predicted octanol–water partition coefficient (Wildman–Crippen LogP) is 5.12. The Morgan fingerprint density at radius 1 is 1.18 bits per heavy atom. The fraction of sp³-hybridized carbons (Fsp3) is 0.296. The number of urea groups is 1. The number of thiazole rings is 1. The Labute approximate surface area is 230 Å². The summed E-state index contributed by atoms with van der Waals surface area (Å²) >= 11 is 0.823. The molecule has 0 aliphatic heterocycles. The minimum Gasteiger partial charge on any atom is -0.355 e. The number of hydrogen-bond acceptors (Lipinski definition) is 6. The first-order valence-corrected chi connectivity index (χ1v) is 13.4. The van der Waals surface area contributed by atoms with Gasteiger partial charge in [-0.05, 0) is 49.4 Å². The van der Waals surface area contributed by atoms with E-state index >= 15 is 0 Å². The standard InChI is InChI=1S/C27H25F3N6O3S/c1-3-32-26(39)35-22-9-17(25-34-21(13-40-25)27(28,29)30)18(10-33-22)15-6-7-16-20(8-15)36(11-14-4-5-14)12-19(23(16)37)24(38)31-2/h6-10,12-14H,3-5,11H2,1-2H3,(H,31,38)(H2,32,33,35,39). The van der Waals surface area contributed by atoms with Crippen molar-refractivity contribution in [1.29, 1.82) is 0 Å². The molecule has 40 heavy (non-hydrogen) atoms. The Bertz CT molecular complexity index is 1680. The first kappa shape index (κ1) is 27.3. The Kier molecular flexibility index (Phi) is 7.32. The summed E-state index contributed by atoms with van der Waals surface area (Å²) in [5.74, 6) is 0.0846. The molecule has 208 valence electrons. The average molecular weight is 571 g/mol. The van der Waals surface area contributed by atoms with Gasteiger partial charge in [-0.25, -0.2) is 14.8 Å². The van der Waals surface area contributed by atoms with Gasteiger partial charge in [0.25, 0.3) is 5.91 Å². The highest BCUT2D eigenvalue weighted by Crippen LogP contribution is 2.39. The number of amides is 3. The maximum atomic E-state index is 13.4. The van der Waals surface area contributed by atoms with Crippen molar-refractivity contribution in [2.24, 2.45) is 5.92 Å². The summed E-state index contributed by atoms with van der Waals surface area (Å²) in [6.07, 6.45) is 0.481. The van der Waals surface area contributed by atoms with Gasteiger partial charge in [-0.1, -0.05) is 6.07 Å². The second-order valence-electron chi connectivity index (χ2n) is 9.41. The number of aromatic nitrogens is 3. The van der Waals surface area contributed by atoms with Gasteiger partial charge in [-0.3, -0.25) is 14.9 Å². The van der Waals surface area contributed by atoms with Crippen LogP contribution in [0.5, 0.6) is 0 Å². The molecule has 0 radical (unpaired) electrons. The van der Waals surface area contributed by atoms with Crippen LogP contribution in [-0.4, -0.2) is 40.1 Å². The SMILES string of the molecule is CCNC(=O)Nc1cc(-c2nc(C(F)(F)F)cs2)c(-c2ccc3c(=O)c(C(=O)NC)cn(CC4CC4)c3c2)cn1. The number of carbonyl (C=O) groups excluding carboxylic acids is 2. The van der Waals surface area contributed by atoms with Crippen LogP contribution >= 0.6 is 11.3 Å². The van der Waals surface area contributed by atoms with Gasteiger partial charge >= 0.3 is 12.2 Å². The van der Waals surface area contributed by atoms with Crippen molar-refractivity contribution < 1.29 is 22.8 Å². The van der Waals surface area contributed by atoms with Crippen molar-refractivity contribution in [3.05, 3.63) is 63.5 Å². The molecule has 3 heterocycles. The van der Waals surface area contributed by atoms with E-state index in [2.05, 4.69) is 25.9 Å². The summed E-state index contributed by atoms with van der Waals surface area (Å²) in [5, 5.41) is 9.04. The third kappa shape index (κ3) is 5.55. The number of halogens is 3. The zero-order valence-corrected chi connectivity index (χ0v) is 22.4. The zero-order chi connectivity index (χ0) is 28.6. The first-order chi connectivity index (χ1) is 19.1. The quantitative estimate of drug-likeness (QED) is 0.285. The van der Waals surface area contributed by atoms with Crippen LogP contribution in [0.25, 0.3) is 32.6 Å². The van der Waals surface area contributed by atoms with Crippen LogP contribution in [0.2, 0.25) is 0 Å². The van der Waals surface area contributed by atoms with Crippen molar-refractivity contribution in [3.63, 3.8) is 0 Å². The molecular weight excluding hydrogens is 545 g/mol. The van der Waals surface area contributed by atoms with Gasteiger partial charge < -0.3 is 15.2 Å². The highest BCUT2D eigenvalue weighted by molar-refractivity contribution is 7.13. The van der Waals surface area contributed by atoms with Crippen LogP contribution in [-0.2, 0) is 12.7 Å². The Morgan fingerprint density at radius 3 is 2.60 bits per heavy atom. The predicted molar refractivity (Wildman–Crippen MR) is 146 cm³/mol. The van der Waals surface area contributed by atoms with E-state index in [0.717, 1.165) is 29.6 Å². The molecule has 1 saturated carbocycles. The molecule has 0 spiro atoms. The Hall–Kier alpha value is -4.26. The smallest absolute Gasteiger partial charge is 0.355 e. The van der Waals surface area contributed by atoms with Crippen molar-refractivity contribution in [2.45, 2.75) is 32.5 Å². The van der Waals surface area contributed by atoms with Gasteiger partial charge in [0.15, 0.2) is 5.69 Å². The summed E-state index contributed by atoms with van der Waals surface area (Å²) < 4.78 is 42.0. The van der Waals surface area contributed by atoms with Gasteiger partial charge in [0.2, 0.25) is 5.43 Å². The average Bonchev–Trinajstić information content (AvgIpc) is 3.59. The number of rotatable bonds is 7. The van der Waals surface area contributed by atoms with E-state index in [-0.39, 0.29) is 16.4 Å². The molecule has 3 aromatic heterocycles. The van der Waals surface area contributed by atoms with E-state index in [4.69, 9.17) is 0 Å². The molecule has 0 saturated heterocycles. The van der Waals surface area contributed by atoms with Crippen molar-refractivity contribution >= 4 is 40.0 Å². The van der Waals surface area contributed by atoms with Gasteiger partial charge in [-0.15, -0.1) is 11.3 Å². The number of nitrogens with zero attached hydrogens (tertiary/aromatic N) is 3. The van der Waals surface area contributed by atoms with E-state index < -0.39 is 29.2 Å². The Morgan fingerprint density at radius 2 is 1.95 bits per heavy atom. The van der Waals surface area contributed by atoms with Crippen LogP contribution in [0.1, 0.15) is 35.8 Å². The molecule has 4 aromatic rings. The monoisotopic (exact) mass is 570 g/mol. The van der Waals surface area contributed by atoms with Crippen molar-refractivity contribution in [1.82, 2.24) is 25.2 Å². The number of nitrogens with one attached hydrogen (secondary N) is 3. The summed E-state index contributed by atoms with van der Waals surface area (Å²) in [6, 6.07) is 6.00. The molecule has 0 bridgehead atoms. The molecule has 1 fully saturated rings. The normalized spacial score (nSPS) is 13.3. The Balaban J connectivity index is 1.67. The van der Waals surface area contributed by atoms with Crippen molar-refractivity contribution in [2.75, 3.05) is 18.9 Å². The molecular formula is C27H25F3N6O3S. The molecule has 13 heteroatoms. The molecule has 9 nitrogen and oxygen atoms in total. The van der Waals surface area contributed by atoms with Gasteiger partial charge in [0.05, 0.1) is 5.52 Å². The second-order valence-corrected chi connectivity index (χ2v) is 10.3. The van der Waals surface area contributed by atoms with Crippen LogP contribution < -0.4 is 21.4 Å². The topological polar surface area (TPSA) is 118 Å². The van der Waals surface area contributed by atoms with E-state index in [9.17, 15) is 27.6 Å². The number of alkyl halides is 3. The minimum atomic E-state index is -4.62. The zero-order valence-electron chi connectivity index (χ0n) is 21.6. The fourth-order valence-electron chi connectivity index (χ4n) is 4.36. The largest absolute Gasteiger partial charge is 0.434 e. The van der Waals surface area contributed by atoms with E-state index in [1.165, 1.54) is 19.3 Å². The highest BCUT2D eigenvalue weighted by Gasteiger charge is 2.34. The van der Waals surface area contributed by atoms with E-state index in [1.807, 2.05) is 4.57 Å². The minimum absolute atomic E-state index is 0.0361. The molecule has 0 atom stereocenters. The lowest BCUT2D eigenvalue weighted by molar-refractivity contribution is -0.140. The van der Waals surface area contributed by atoms with Gasteiger partial charge in [-0.2, -0.15) is 13.2 Å². The lowest BCUT2D eigenvalue weighted by atomic mass is 9.99. The number of pyridine rings is 2. The summed E-state index contributed by atoms with van der Waals surface area (Å²) in [7, 11) is 1.46. The molecule has 5 rings (SSSR count). The molecule has 1 aliphatic carbocycles. The van der Waals surface area contributed by atoms with Crippen LogP contribution in [0.15, 0.2) is 46.8 Å². The number of carbonyl (C=O) groups is 2. The van der Waals surface area contributed by atoms with E-state index in [0.29, 0.717) is 46.6 Å². The second kappa shape index (κ2) is 10.7.